The Balaban J connectivity index is 1.96. The van der Waals surface area contributed by atoms with Gasteiger partial charge in [-0.1, -0.05) is 23.8 Å². The maximum atomic E-state index is 5.93. The molecule has 0 atom stereocenters. The molecule has 2 aromatic heterocycles. The van der Waals surface area contributed by atoms with Gasteiger partial charge in [0.05, 0.1) is 11.4 Å². The van der Waals surface area contributed by atoms with Crippen LogP contribution in [-0.4, -0.2) is 15.9 Å². The number of nitrogens with two attached hydrogens (primary N) is 1. The lowest BCUT2D eigenvalue weighted by Gasteiger charge is -2.13. The Bertz CT molecular complexity index is 872. The molecule has 2 heterocycles. The lowest BCUT2D eigenvalue weighted by atomic mass is 10.00. The molecular formula is C19H23N3S. The minimum atomic E-state index is 0.663. The number of fused-ring (bicyclic) bond motifs is 3. The van der Waals surface area contributed by atoms with Gasteiger partial charge in [-0.25, -0.2) is 4.98 Å². The van der Waals surface area contributed by atoms with E-state index in [0.29, 0.717) is 6.54 Å². The van der Waals surface area contributed by atoms with E-state index < -0.39 is 0 Å². The molecule has 0 amide bonds. The van der Waals surface area contributed by atoms with Gasteiger partial charge in [0.1, 0.15) is 0 Å². The van der Waals surface area contributed by atoms with Crippen LogP contribution in [0, 0.1) is 13.8 Å². The van der Waals surface area contributed by atoms with Crippen LogP contribution in [-0.2, 0) is 19.3 Å². The third-order valence-corrected chi connectivity index (χ3v) is 5.98. The number of hydrogen-bond acceptors (Lipinski definition) is 3. The lowest BCUT2D eigenvalue weighted by Crippen LogP contribution is -2.10. The quantitative estimate of drug-likeness (QED) is 0.789. The van der Waals surface area contributed by atoms with E-state index in [1.54, 1.807) is 0 Å². The van der Waals surface area contributed by atoms with Crippen LogP contribution in [0.5, 0.6) is 0 Å². The Kier molecular flexibility index (Phi) is 3.74. The highest BCUT2D eigenvalue weighted by Crippen LogP contribution is 2.36. The van der Waals surface area contributed by atoms with Crippen LogP contribution in [0.25, 0.3) is 16.2 Å². The van der Waals surface area contributed by atoms with Gasteiger partial charge < -0.3 is 5.73 Å². The van der Waals surface area contributed by atoms with Crippen LogP contribution < -0.4 is 5.73 Å². The molecule has 120 valence electrons. The van der Waals surface area contributed by atoms with E-state index in [4.69, 9.17) is 10.7 Å². The van der Waals surface area contributed by atoms with Crippen molar-refractivity contribution >= 4 is 16.3 Å². The minimum Gasteiger partial charge on any atom is -0.330 e. The number of thiazole rings is 1. The molecular weight excluding hydrogens is 302 g/mol. The first-order valence-corrected chi connectivity index (χ1v) is 9.30. The smallest absolute Gasteiger partial charge is 0.194 e. The Morgan fingerprint density at radius 2 is 2.04 bits per heavy atom. The maximum absolute atomic E-state index is 5.93. The predicted octanol–water partition coefficient (Wildman–Crippen LogP) is 4.06. The lowest BCUT2D eigenvalue weighted by molar-refractivity contribution is 0.669. The van der Waals surface area contributed by atoms with Crippen molar-refractivity contribution in [2.45, 2.75) is 46.0 Å². The summed E-state index contributed by atoms with van der Waals surface area (Å²) in [5.41, 5.74) is 13.7. The molecule has 4 rings (SSSR count). The van der Waals surface area contributed by atoms with Crippen molar-refractivity contribution in [3.05, 3.63) is 45.6 Å². The van der Waals surface area contributed by atoms with Gasteiger partial charge in [0.2, 0.25) is 0 Å². The third kappa shape index (κ3) is 2.41. The summed E-state index contributed by atoms with van der Waals surface area (Å²) in [5, 5.41) is 0. The first-order valence-electron chi connectivity index (χ1n) is 8.48. The largest absolute Gasteiger partial charge is 0.330 e. The van der Waals surface area contributed by atoms with Crippen molar-refractivity contribution in [3.8, 4) is 11.3 Å². The van der Waals surface area contributed by atoms with Gasteiger partial charge in [-0.15, -0.1) is 11.3 Å². The van der Waals surface area contributed by atoms with Gasteiger partial charge in [0.25, 0.3) is 0 Å². The van der Waals surface area contributed by atoms with Gasteiger partial charge in [-0.2, -0.15) is 0 Å². The fourth-order valence-corrected chi connectivity index (χ4v) is 4.99. The van der Waals surface area contributed by atoms with E-state index in [1.165, 1.54) is 58.6 Å². The Morgan fingerprint density at radius 1 is 1.22 bits per heavy atom. The topological polar surface area (TPSA) is 43.3 Å². The minimum absolute atomic E-state index is 0.663. The summed E-state index contributed by atoms with van der Waals surface area (Å²) in [5.74, 6) is 0. The van der Waals surface area contributed by atoms with Crippen molar-refractivity contribution in [3.63, 3.8) is 0 Å². The van der Waals surface area contributed by atoms with E-state index in [-0.39, 0.29) is 0 Å². The standard InChI is InChI=1S/C19H23N3S/c1-12-7-8-14(13(2)11-12)18-16(9-10-20)22-15-5-3-4-6-17(15)23-19(22)21-18/h7-8,11H,3-6,9-10,20H2,1-2H3. The van der Waals surface area contributed by atoms with Gasteiger partial charge in [-0.3, -0.25) is 4.40 Å². The summed E-state index contributed by atoms with van der Waals surface area (Å²) in [7, 11) is 0. The van der Waals surface area contributed by atoms with Crippen LogP contribution in [0.2, 0.25) is 0 Å². The molecule has 0 saturated carbocycles. The van der Waals surface area contributed by atoms with Crippen molar-refractivity contribution in [1.82, 2.24) is 9.38 Å². The van der Waals surface area contributed by atoms with E-state index in [2.05, 4.69) is 36.4 Å². The Morgan fingerprint density at radius 3 is 2.83 bits per heavy atom. The molecule has 0 aliphatic heterocycles. The molecule has 0 radical (unpaired) electrons. The molecule has 1 aromatic carbocycles. The fourth-order valence-electron chi connectivity index (χ4n) is 3.76. The number of aromatic nitrogens is 2. The molecule has 0 bridgehead atoms. The van der Waals surface area contributed by atoms with Crippen molar-refractivity contribution in [2.24, 2.45) is 5.73 Å². The predicted molar refractivity (Wildman–Crippen MR) is 97.4 cm³/mol. The van der Waals surface area contributed by atoms with Crippen LogP contribution in [0.15, 0.2) is 18.2 Å². The zero-order valence-electron chi connectivity index (χ0n) is 13.9. The molecule has 23 heavy (non-hydrogen) atoms. The average molecular weight is 325 g/mol. The molecule has 3 nitrogen and oxygen atoms in total. The first kappa shape index (κ1) is 14.9. The molecule has 4 heteroatoms. The van der Waals surface area contributed by atoms with E-state index in [0.717, 1.165) is 17.1 Å². The molecule has 1 aliphatic carbocycles. The fraction of sp³-hybridized carbons (Fsp3) is 0.421. The number of imidazole rings is 1. The number of benzene rings is 1. The molecule has 0 fully saturated rings. The Hall–Kier alpha value is -1.65. The third-order valence-electron chi connectivity index (χ3n) is 4.83. The SMILES string of the molecule is Cc1ccc(-c2nc3sc4c(n3c2CCN)CCCC4)c(C)c1. The number of aryl methyl sites for hydroxylation is 4. The zero-order valence-corrected chi connectivity index (χ0v) is 14.7. The van der Waals surface area contributed by atoms with Crippen LogP contribution in [0.1, 0.15) is 40.2 Å². The zero-order chi connectivity index (χ0) is 16.0. The molecule has 2 N–H and O–H groups in total. The number of rotatable bonds is 3. The van der Waals surface area contributed by atoms with E-state index >= 15 is 0 Å². The number of hydrogen-bond donors (Lipinski definition) is 1. The summed E-state index contributed by atoms with van der Waals surface area (Å²) in [4.78, 5) is 7.70. The van der Waals surface area contributed by atoms with Crippen molar-refractivity contribution < 1.29 is 0 Å². The van der Waals surface area contributed by atoms with Crippen LogP contribution in [0.3, 0.4) is 0 Å². The molecule has 0 unspecified atom stereocenters. The molecule has 3 aromatic rings. The second kappa shape index (κ2) is 5.77. The highest BCUT2D eigenvalue weighted by atomic mass is 32.1. The van der Waals surface area contributed by atoms with Crippen LogP contribution in [0.4, 0.5) is 0 Å². The highest BCUT2D eigenvalue weighted by molar-refractivity contribution is 7.17. The maximum Gasteiger partial charge on any atom is 0.194 e. The first-order chi connectivity index (χ1) is 11.2. The van der Waals surface area contributed by atoms with Crippen molar-refractivity contribution in [1.29, 1.82) is 0 Å². The normalized spacial score (nSPS) is 14.4. The van der Waals surface area contributed by atoms with Gasteiger partial charge >= 0.3 is 0 Å². The average Bonchev–Trinajstić information content (AvgIpc) is 3.05. The molecule has 0 spiro atoms. The molecule has 1 aliphatic rings. The van der Waals surface area contributed by atoms with E-state index in [1.807, 2.05) is 11.3 Å². The second-order valence-corrected chi connectivity index (χ2v) is 7.62. The second-order valence-electron chi connectivity index (χ2n) is 6.56. The van der Waals surface area contributed by atoms with Crippen LogP contribution >= 0.6 is 11.3 Å². The summed E-state index contributed by atoms with van der Waals surface area (Å²) in [6, 6.07) is 6.63. The summed E-state index contributed by atoms with van der Waals surface area (Å²) in [6.07, 6.45) is 5.87. The summed E-state index contributed by atoms with van der Waals surface area (Å²) in [6.45, 7) is 4.98. The summed E-state index contributed by atoms with van der Waals surface area (Å²) < 4.78 is 2.42. The molecule has 0 saturated heterocycles. The highest BCUT2D eigenvalue weighted by Gasteiger charge is 2.23. The van der Waals surface area contributed by atoms with Gasteiger partial charge in [0.15, 0.2) is 4.96 Å². The summed E-state index contributed by atoms with van der Waals surface area (Å²) >= 11 is 1.88. The number of nitrogens with zero attached hydrogens (tertiary/aromatic N) is 2. The van der Waals surface area contributed by atoms with Gasteiger partial charge in [-0.05, 0) is 51.6 Å². The Labute approximate surface area is 141 Å². The van der Waals surface area contributed by atoms with Crippen molar-refractivity contribution in [2.75, 3.05) is 6.54 Å². The van der Waals surface area contributed by atoms with Gasteiger partial charge in [0, 0.05) is 22.6 Å². The van der Waals surface area contributed by atoms with E-state index in [9.17, 15) is 0 Å². The monoisotopic (exact) mass is 325 g/mol.